The number of thiazole rings is 1. The molecule has 0 aliphatic rings. The van der Waals surface area contributed by atoms with E-state index in [1.54, 1.807) is 17.6 Å². The van der Waals surface area contributed by atoms with Crippen molar-refractivity contribution in [3.8, 4) is 5.19 Å². The Bertz CT molecular complexity index is 695. The molecule has 0 aliphatic heterocycles. The van der Waals surface area contributed by atoms with Crippen LogP contribution in [0.4, 0.5) is 0 Å². The standard InChI is InChI=1S/C13H8N2O2S/c16-12(17-13-14-5-6-18-13)10-7-9-3-1-2-4-11(9)15-8-10/h1-8H. The van der Waals surface area contributed by atoms with Gasteiger partial charge >= 0.3 is 5.97 Å². The third kappa shape index (κ3) is 2.08. The second-order valence-corrected chi connectivity index (χ2v) is 4.46. The molecule has 2 heterocycles. The topological polar surface area (TPSA) is 52.1 Å². The highest BCUT2D eigenvalue weighted by atomic mass is 32.1. The molecule has 0 saturated heterocycles. The van der Waals surface area contributed by atoms with E-state index >= 15 is 0 Å². The van der Waals surface area contributed by atoms with Gasteiger partial charge in [0.15, 0.2) is 0 Å². The number of carbonyl (C=O) groups is 1. The number of benzene rings is 1. The summed E-state index contributed by atoms with van der Waals surface area (Å²) in [7, 11) is 0. The third-order valence-electron chi connectivity index (χ3n) is 2.42. The van der Waals surface area contributed by atoms with Crippen LogP contribution in [0.15, 0.2) is 48.1 Å². The maximum atomic E-state index is 11.9. The van der Waals surface area contributed by atoms with Crippen LogP contribution in [0.5, 0.6) is 5.19 Å². The number of fused-ring (bicyclic) bond motifs is 1. The minimum absolute atomic E-state index is 0.341. The molecule has 3 rings (SSSR count). The second kappa shape index (κ2) is 4.54. The lowest BCUT2D eigenvalue weighted by atomic mass is 10.2. The summed E-state index contributed by atoms with van der Waals surface area (Å²) in [6.45, 7) is 0. The van der Waals surface area contributed by atoms with Gasteiger partial charge in [-0.1, -0.05) is 29.5 Å². The van der Waals surface area contributed by atoms with Gasteiger partial charge in [0.05, 0.1) is 11.1 Å². The molecule has 0 N–H and O–H groups in total. The fraction of sp³-hybridized carbons (Fsp3) is 0. The maximum absolute atomic E-state index is 11.9. The summed E-state index contributed by atoms with van der Waals surface area (Å²) in [5.74, 6) is -0.441. The van der Waals surface area contributed by atoms with E-state index in [1.165, 1.54) is 17.5 Å². The SMILES string of the molecule is O=C(Oc1nccs1)c1cnc2ccccc2c1. The number of nitrogens with zero attached hydrogens (tertiary/aromatic N) is 2. The van der Waals surface area contributed by atoms with Gasteiger partial charge in [-0.05, 0) is 12.1 Å². The predicted molar refractivity (Wildman–Crippen MR) is 68.8 cm³/mol. The van der Waals surface area contributed by atoms with Gasteiger partial charge in [-0.15, -0.1) is 0 Å². The van der Waals surface area contributed by atoms with Crippen molar-refractivity contribution in [1.29, 1.82) is 0 Å². The molecule has 0 amide bonds. The van der Waals surface area contributed by atoms with E-state index in [1.807, 2.05) is 24.3 Å². The zero-order valence-corrected chi connectivity index (χ0v) is 10.1. The predicted octanol–water partition coefficient (Wildman–Crippen LogP) is 2.91. The monoisotopic (exact) mass is 256 g/mol. The summed E-state index contributed by atoms with van der Waals surface area (Å²) in [4.78, 5) is 20.0. The van der Waals surface area contributed by atoms with Crippen LogP contribution in [0, 0.1) is 0 Å². The van der Waals surface area contributed by atoms with Crippen LogP contribution in [0.2, 0.25) is 0 Å². The lowest BCUT2D eigenvalue weighted by molar-refractivity contribution is 0.0734. The fourth-order valence-corrected chi connectivity index (χ4v) is 2.07. The number of ether oxygens (including phenoxy) is 1. The molecule has 88 valence electrons. The van der Waals surface area contributed by atoms with Gasteiger partial charge in [0.25, 0.3) is 5.19 Å². The summed E-state index contributed by atoms with van der Waals surface area (Å²) in [6.07, 6.45) is 3.10. The van der Waals surface area contributed by atoms with Crippen LogP contribution in [-0.2, 0) is 0 Å². The summed E-state index contributed by atoms with van der Waals surface area (Å²) >= 11 is 1.27. The highest BCUT2D eigenvalue weighted by Crippen LogP contribution is 2.17. The van der Waals surface area contributed by atoms with E-state index in [-0.39, 0.29) is 0 Å². The molecule has 0 radical (unpaired) electrons. The van der Waals surface area contributed by atoms with Crippen LogP contribution in [0.25, 0.3) is 10.9 Å². The minimum Gasteiger partial charge on any atom is -0.394 e. The Hall–Kier alpha value is -2.27. The number of carbonyl (C=O) groups excluding carboxylic acids is 1. The van der Waals surface area contributed by atoms with E-state index in [2.05, 4.69) is 9.97 Å². The Kier molecular flexibility index (Phi) is 2.74. The van der Waals surface area contributed by atoms with Crippen molar-refractivity contribution in [2.75, 3.05) is 0 Å². The second-order valence-electron chi connectivity index (χ2n) is 3.60. The summed E-state index contributed by atoms with van der Waals surface area (Å²) in [6, 6.07) is 9.37. The van der Waals surface area contributed by atoms with Crippen LogP contribution >= 0.6 is 11.3 Å². The molecule has 0 spiro atoms. The van der Waals surface area contributed by atoms with Gasteiger partial charge in [0, 0.05) is 23.2 Å². The molecule has 0 atom stereocenters. The smallest absolute Gasteiger partial charge is 0.347 e. The Labute approximate surface area is 107 Å². The molecule has 0 saturated carbocycles. The molecular weight excluding hydrogens is 248 g/mol. The zero-order valence-electron chi connectivity index (χ0n) is 9.24. The minimum atomic E-state index is -0.441. The zero-order chi connectivity index (χ0) is 12.4. The summed E-state index contributed by atoms with van der Waals surface area (Å²) < 4.78 is 5.12. The number of para-hydroxylation sites is 1. The summed E-state index contributed by atoms with van der Waals surface area (Å²) in [5.41, 5.74) is 1.27. The number of esters is 1. The van der Waals surface area contributed by atoms with Crippen molar-refractivity contribution in [3.63, 3.8) is 0 Å². The van der Waals surface area contributed by atoms with Crippen LogP contribution in [0.3, 0.4) is 0 Å². The van der Waals surface area contributed by atoms with Gasteiger partial charge in [0.1, 0.15) is 0 Å². The molecule has 2 aromatic heterocycles. The third-order valence-corrected chi connectivity index (χ3v) is 3.06. The van der Waals surface area contributed by atoms with E-state index in [9.17, 15) is 4.79 Å². The lowest BCUT2D eigenvalue weighted by Crippen LogP contribution is -2.08. The molecular formula is C13H8N2O2S. The molecule has 0 aliphatic carbocycles. The van der Waals surface area contributed by atoms with E-state index in [0.29, 0.717) is 10.8 Å². The first-order valence-electron chi connectivity index (χ1n) is 5.29. The Morgan fingerprint density at radius 3 is 2.94 bits per heavy atom. The highest BCUT2D eigenvalue weighted by molar-refractivity contribution is 7.11. The number of aromatic nitrogens is 2. The number of hydrogen-bond donors (Lipinski definition) is 0. The average molecular weight is 256 g/mol. The number of pyridine rings is 1. The molecule has 4 nitrogen and oxygen atoms in total. The van der Waals surface area contributed by atoms with Crippen LogP contribution in [0.1, 0.15) is 10.4 Å². The van der Waals surface area contributed by atoms with Gasteiger partial charge in [-0.3, -0.25) is 4.98 Å². The first kappa shape index (κ1) is 10.9. The Morgan fingerprint density at radius 1 is 1.22 bits per heavy atom. The largest absolute Gasteiger partial charge is 0.394 e. The molecule has 0 unspecified atom stereocenters. The number of hydrogen-bond acceptors (Lipinski definition) is 5. The molecule has 18 heavy (non-hydrogen) atoms. The highest BCUT2D eigenvalue weighted by Gasteiger charge is 2.11. The maximum Gasteiger partial charge on any atom is 0.347 e. The first-order chi connectivity index (χ1) is 8.83. The molecule has 0 bridgehead atoms. The Morgan fingerprint density at radius 2 is 2.11 bits per heavy atom. The quantitative estimate of drug-likeness (QED) is 0.661. The molecule has 5 heteroatoms. The Balaban J connectivity index is 1.92. The van der Waals surface area contributed by atoms with Gasteiger partial charge in [-0.25, -0.2) is 9.78 Å². The van der Waals surface area contributed by atoms with Crippen molar-refractivity contribution >= 4 is 28.2 Å². The van der Waals surface area contributed by atoms with Gasteiger partial charge < -0.3 is 4.74 Å². The first-order valence-corrected chi connectivity index (χ1v) is 6.17. The normalized spacial score (nSPS) is 10.4. The van der Waals surface area contributed by atoms with E-state index in [4.69, 9.17) is 4.74 Å². The van der Waals surface area contributed by atoms with Crippen LogP contribution < -0.4 is 4.74 Å². The molecule has 1 aromatic carbocycles. The van der Waals surface area contributed by atoms with Crippen molar-refractivity contribution in [3.05, 3.63) is 53.7 Å². The van der Waals surface area contributed by atoms with E-state index < -0.39 is 5.97 Å². The van der Waals surface area contributed by atoms with Gasteiger partial charge in [0.2, 0.25) is 0 Å². The van der Waals surface area contributed by atoms with Crippen molar-refractivity contribution in [1.82, 2.24) is 9.97 Å². The lowest BCUT2D eigenvalue weighted by Gasteiger charge is -2.02. The van der Waals surface area contributed by atoms with Crippen molar-refractivity contribution < 1.29 is 9.53 Å². The summed E-state index contributed by atoms with van der Waals surface area (Å²) in [5, 5.41) is 3.00. The molecule has 3 aromatic rings. The van der Waals surface area contributed by atoms with Crippen molar-refractivity contribution in [2.24, 2.45) is 0 Å². The molecule has 0 fully saturated rings. The van der Waals surface area contributed by atoms with Gasteiger partial charge in [-0.2, -0.15) is 0 Å². The van der Waals surface area contributed by atoms with Crippen LogP contribution in [-0.4, -0.2) is 15.9 Å². The fourth-order valence-electron chi connectivity index (χ4n) is 1.58. The average Bonchev–Trinajstić information content (AvgIpc) is 2.91. The number of rotatable bonds is 2. The van der Waals surface area contributed by atoms with E-state index in [0.717, 1.165) is 10.9 Å². The van der Waals surface area contributed by atoms with Crippen molar-refractivity contribution in [2.45, 2.75) is 0 Å².